The van der Waals surface area contributed by atoms with Gasteiger partial charge in [-0.3, -0.25) is 0 Å². The molecule has 1 N–H and O–H groups in total. The van der Waals surface area contributed by atoms with Gasteiger partial charge in [0.1, 0.15) is 0 Å². The molecule has 2 nitrogen and oxygen atoms in total. The van der Waals surface area contributed by atoms with Crippen molar-refractivity contribution in [2.75, 3.05) is 0 Å². The van der Waals surface area contributed by atoms with E-state index in [9.17, 15) is 0 Å². The minimum absolute atomic E-state index is 0.0497. The zero-order valence-corrected chi connectivity index (χ0v) is 6.23. The van der Waals surface area contributed by atoms with Gasteiger partial charge < -0.3 is 0 Å². The van der Waals surface area contributed by atoms with E-state index in [0.29, 0.717) is 0 Å². The monoisotopic (exact) mass is 125 g/mol. The fraction of sp³-hybridized carbons (Fsp3) is 0.714. The second-order valence-electron chi connectivity index (χ2n) is 3.12. The highest BCUT2D eigenvalue weighted by molar-refractivity contribution is 5.36. The molecular weight excluding hydrogens is 112 g/mol. The summed E-state index contributed by atoms with van der Waals surface area (Å²) in [5.41, 5.74) is 0.0497. The SMILES string of the molecule is [CH2]C(N=C=N)C(C)(C)C. The molecule has 0 bridgehead atoms. The molecule has 2 heteroatoms. The molecule has 1 atom stereocenters. The van der Waals surface area contributed by atoms with Crippen molar-refractivity contribution in [2.45, 2.75) is 26.8 Å². The van der Waals surface area contributed by atoms with Crippen LogP contribution in [0.5, 0.6) is 0 Å². The van der Waals surface area contributed by atoms with E-state index in [-0.39, 0.29) is 11.5 Å². The van der Waals surface area contributed by atoms with E-state index in [1.165, 1.54) is 0 Å². The Morgan fingerprint density at radius 1 is 1.56 bits per heavy atom. The standard InChI is InChI=1S/C7H13N2/c1-6(9-5-8)7(2,3)4/h6,8H,1H2,2-4H3. The first kappa shape index (κ1) is 8.38. The van der Waals surface area contributed by atoms with Crippen molar-refractivity contribution in [1.82, 2.24) is 0 Å². The summed E-state index contributed by atoms with van der Waals surface area (Å²) in [6.07, 6.45) is 0. The summed E-state index contributed by atoms with van der Waals surface area (Å²) in [4.78, 5) is 3.70. The Morgan fingerprint density at radius 2 is 2.00 bits per heavy atom. The number of nitrogens with zero attached hydrogens (tertiary/aromatic N) is 1. The second-order valence-corrected chi connectivity index (χ2v) is 3.12. The van der Waals surface area contributed by atoms with Crippen LogP contribution in [0.15, 0.2) is 4.99 Å². The molecule has 0 aromatic heterocycles. The third kappa shape index (κ3) is 3.04. The first-order chi connectivity index (χ1) is 3.98. The van der Waals surface area contributed by atoms with E-state index in [2.05, 4.69) is 11.9 Å². The van der Waals surface area contributed by atoms with Gasteiger partial charge in [-0.15, -0.1) is 0 Å². The summed E-state index contributed by atoms with van der Waals surface area (Å²) in [7, 11) is 0. The summed E-state index contributed by atoms with van der Waals surface area (Å²) >= 11 is 0. The molecule has 9 heavy (non-hydrogen) atoms. The molecule has 0 aliphatic heterocycles. The van der Waals surface area contributed by atoms with E-state index in [4.69, 9.17) is 5.41 Å². The van der Waals surface area contributed by atoms with E-state index < -0.39 is 0 Å². The van der Waals surface area contributed by atoms with E-state index in [1.807, 2.05) is 26.8 Å². The summed E-state index contributed by atoms with van der Waals surface area (Å²) in [5.74, 6) is 0. The Morgan fingerprint density at radius 3 is 2.11 bits per heavy atom. The van der Waals surface area contributed by atoms with Crippen LogP contribution in [0.25, 0.3) is 0 Å². The molecule has 1 unspecified atom stereocenters. The molecule has 0 aromatic rings. The Bertz CT molecular complexity index is 126. The van der Waals surface area contributed by atoms with Crippen LogP contribution in [0.3, 0.4) is 0 Å². The first-order valence-corrected chi connectivity index (χ1v) is 2.93. The largest absolute Gasteiger partial charge is 0.242 e. The van der Waals surface area contributed by atoms with Gasteiger partial charge >= 0.3 is 0 Å². The van der Waals surface area contributed by atoms with E-state index >= 15 is 0 Å². The third-order valence-corrected chi connectivity index (χ3v) is 1.22. The van der Waals surface area contributed by atoms with Crippen molar-refractivity contribution in [3.8, 4) is 0 Å². The molecule has 0 heterocycles. The predicted molar refractivity (Wildman–Crippen MR) is 38.8 cm³/mol. The highest BCUT2D eigenvalue weighted by Gasteiger charge is 2.18. The summed E-state index contributed by atoms with van der Waals surface area (Å²) < 4.78 is 0. The Labute approximate surface area is 56.5 Å². The van der Waals surface area contributed by atoms with Gasteiger partial charge in [0, 0.05) is 0 Å². The Hall–Kier alpha value is -0.620. The molecule has 0 rings (SSSR count). The molecule has 0 aromatic carbocycles. The van der Waals surface area contributed by atoms with Gasteiger partial charge in [0.25, 0.3) is 0 Å². The topological polar surface area (TPSA) is 36.2 Å². The second kappa shape index (κ2) is 2.79. The van der Waals surface area contributed by atoms with Gasteiger partial charge in [0.05, 0.1) is 12.1 Å². The minimum Gasteiger partial charge on any atom is -0.242 e. The van der Waals surface area contributed by atoms with E-state index in [0.717, 1.165) is 0 Å². The molecular formula is C7H13N2. The smallest absolute Gasteiger partial charge is 0.0865 e. The third-order valence-electron chi connectivity index (χ3n) is 1.22. The predicted octanol–water partition coefficient (Wildman–Crippen LogP) is 1.99. The van der Waals surface area contributed by atoms with Crippen molar-refractivity contribution in [2.24, 2.45) is 10.4 Å². The zero-order chi connectivity index (χ0) is 7.49. The van der Waals surface area contributed by atoms with Crippen LogP contribution in [0.1, 0.15) is 20.8 Å². The summed E-state index contributed by atoms with van der Waals surface area (Å²) in [5, 5.41) is 6.56. The van der Waals surface area contributed by atoms with Gasteiger partial charge in [-0.1, -0.05) is 20.8 Å². The van der Waals surface area contributed by atoms with E-state index in [1.54, 1.807) is 0 Å². The van der Waals surface area contributed by atoms with Crippen LogP contribution >= 0.6 is 0 Å². The van der Waals surface area contributed by atoms with Gasteiger partial charge in [0.15, 0.2) is 0 Å². The lowest BCUT2D eigenvalue weighted by molar-refractivity contribution is 0.366. The average Bonchev–Trinajstić information content (AvgIpc) is 1.64. The number of hydrogen-bond acceptors (Lipinski definition) is 2. The number of nitrogens with one attached hydrogen (secondary N) is 1. The molecule has 51 valence electrons. The fourth-order valence-electron chi connectivity index (χ4n) is 0.272. The lowest BCUT2D eigenvalue weighted by atomic mass is 9.89. The Kier molecular flexibility index (Phi) is 2.60. The van der Waals surface area contributed by atoms with Crippen LogP contribution in [0, 0.1) is 17.7 Å². The zero-order valence-electron chi connectivity index (χ0n) is 6.23. The maximum absolute atomic E-state index is 6.56. The van der Waals surface area contributed by atoms with Crippen molar-refractivity contribution in [3.63, 3.8) is 0 Å². The summed E-state index contributed by atoms with van der Waals surface area (Å²) in [6.45, 7) is 9.85. The van der Waals surface area contributed by atoms with Crippen molar-refractivity contribution >= 4 is 6.01 Å². The average molecular weight is 125 g/mol. The number of aliphatic imine (C=N–C) groups is 1. The lowest BCUT2D eigenvalue weighted by Gasteiger charge is -2.21. The Balaban J connectivity index is 4.03. The molecule has 0 saturated carbocycles. The molecule has 0 spiro atoms. The van der Waals surface area contributed by atoms with Crippen LogP contribution in [0.2, 0.25) is 0 Å². The van der Waals surface area contributed by atoms with Gasteiger partial charge in [-0.2, -0.15) is 0 Å². The normalized spacial score (nSPS) is 14.2. The van der Waals surface area contributed by atoms with Crippen LogP contribution in [0.4, 0.5) is 0 Å². The summed E-state index contributed by atoms with van der Waals surface area (Å²) in [6, 6.07) is 1.93. The molecule has 0 saturated heterocycles. The molecule has 0 amide bonds. The van der Waals surface area contributed by atoms with Crippen LogP contribution in [-0.2, 0) is 0 Å². The van der Waals surface area contributed by atoms with Crippen LogP contribution < -0.4 is 0 Å². The van der Waals surface area contributed by atoms with Crippen molar-refractivity contribution in [3.05, 3.63) is 6.92 Å². The first-order valence-electron chi connectivity index (χ1n) is 2.93. The minimum atomic E-state index is -0.0602. The quantitative estimate of drug-likeness (QED) is 0.520. The number of rotatable bonds is 1. The number of hydrogen-bond donors (Lipinski definition) is 1. The molecule has 0 fully saturated rings. The maximum Gasteiger partial charge on any atom is 0.0865 e. The van der Waals surface area contributed by atoms with Gasteiger partial charge in [-0.05, 0) is 12.3 Å². The van der Waals surface area contributed by atoms with Gasteiger partial charge in [0.2, 0.25) is 0 Å². The highest BCUT2D eigenvalue weighted by atomic mass is 14.8. The highest BCUT2D eigenvalue weighted by Crippen LogP contribution is 2.20. The molecule has 1 radical (unpaired) electrons. The van der Waals surface area contributed by atoms with Gasteiger partial charge in [-0.25, -0.2) is 10.4 Å². The fourth-order valence-corrected chi connectivity index (χ4v) is 0.272. The van der Waals surface area contributed by atoms with Crippen LogP contribution in [-0.4, -0.2) is 12.1 Å². The maximum atomic E-state index is 6.56. The molecule has 0 aliphatic carbocycles. The van der Waals surface area contributed by atoms with Crippen molar-refractivity contribution in [1.29, 1.82) is 5.41 Å². The lowest BCUT2D eigenvalue weighted by Crippen LogP contribution is -2.20. The molecule has 0 aliphatic rings. The van der Waals surface area contributed by atoms with Crippen molar-refractivity contribution < 1.29 is 0 Å².